The maximum atomic E-state index is 5.94. The Morgan fingerprint density at radius 1 is 1.27 bits per heavy atom. The molecular formula is C15H15ClN4OS. The maximum absolute atomic E-state index is 5.94. The summed E-state index contributed by atoms with van der Waals surface area (Å²) < 4.78 is 5.10. The van der Waals surface area contributed by atoms with E-state index in [9.17, 15) is 0 Å². The number of pyridine rings is 1. The minimum Gasteiger partial charge on any atom is -0.462 e. The average molecular weight is 335 g/mol. The summed E-state index contributed by atoms with van der Waals surface area (Å²) in [6, 6.07) is 3.56. The molecule has 22 heavy (non-hydrogen) atoms. The molecule has 0 amide bonds. The van der Waals surface area contributed by atoms with Gasteiger partial charge in [0.05, 0.1) is 22.9 Å². The molecule has 3 rings (SSSR count). The summed E-state index contributed by atoms with van der Waals surface area (Å²) in [6.07, 6.45) is 3.48. The first-order valence-electron chi connectivity index (χ1n) is 6.68. The zero-order chi connectivity index (χ0) is 15.9. The first kappa shape index (κ1) is 15.1. The maximum Gasteiger partial charge on any atom is 0.191 e. The molecule has 0 saturated carbocycles. The number of hydrogen-bond donors (Lipinski definition) is 1. The number of aromatic nitrogens is 3. The van der Waals surface area contributed by atoms with Crippen LogP contribution in [0.5, 0.6) is 0 Å². The van der Waals surface area contributed by atoms with Gasteiger partial charge in [-0.25, -0.2) is 9.97 Å². The van der Waals surface area contributed by atoms with Crippen LogP contribution in [-0.2, 0) is 4.75 Å². The number of furan rings is 1. The van der Waals surface area contributed by atoms with Gasteiger partial charge in [-0.2, -0.15) is 0 Å². The minimum absolute atomic E-state index is 0.333. The molecule has 0 atom stereocenters. The van der Waals surface area contributed by atoms with Gasteiger partial charge in [-0.05, 0) is 32.4 Å². The van der Waals surface area contributed by atoms with Gasteiger partial charge < -0.3 is 10.2 Å². The molecule has 0 saturated heterocycles. The Bertz CT molecular complexity index is 826. The Kier molecular flexibility index (Phi) is 3.74. The van der Waals surface area contributed by atoms with E-state index in [2.05, 4.69) is 28.8 Å². The number of rotatable bonds is 3. The molecule has 7 heteroatoms. The summed E-state index contributed by atoms with van der Waals surface area (Å²) in [5.74, 6) is 0.354. The Balaban J connectivity index is 1.97. The smallest absolute Gasteiger partial charge is 0.191 e. The third-order valence-electron chi connectivity index (χ3n) is 3.31. The summed E-state index contributed by atoms with van der Waals surface area (Å²) in [5, 5.41) is 1.92. The van der Waals surface area contributed by atoms with E-state index in [-0.39, 0.29) is 4.75 Å². The summed E-state index contributed by atoms with van der Waals surface area (Å²) in [7, 11) is 0. The van der Waals surface area contributed by atoms with E-state index in [1.54, 1.807) is 12.5 Å². The molecule has 2 N–H and O–H groups in total. The number of nitrogens with two attached hydrogens (primary N) is 1. The van der Waals surface area contributed by atoms with E-state index in [1.165, 1.54) is 17.8 Å². The lowest BCUT2D eigenvalue weighted by molar-refractivity contribution is 0.610. The van der Waals surface area contributed by atoms with E-state index < -0.39 is 0 Å². The number of nitrogens with zero attached hydrogens (tertiary/aromatic N) is 3. The van der Waals surface area contributed by atoms with Gasteiger partial charge in [0.25, 0.3) is 0 Å². The monoisotopic (exact) mass is 334 g/mol. The number of nitrogen functional groups attached to an aromatic ring is 1. The molecule has 0 radical (unpaired) electrons. The highest BCUT2D eigenvalue weighted by Gasteiger charge is 2.26. The van der Waals surface area contributed by atoms with E-state index in [0.29, 0.717) is 16.1 Å². The molecule has 0 unspecified atom stereocenters. The second kappa shape index (κ2) is 5.44. The number of aryl methyl sites for hydroxylation is 1. The number of anilines is 1. The average Bonchev–Trinajstić information content (AvgIpc) is 2.78. The Labute approximate surface area is 137 Å². The first-order chi connectivity index (χ1) is 10.3. The third kappa shape index (κ3) is 2.89. The van der Waals surface area contributed by atoms with Gasteiger partial charge in [0.1, 0.15) is 11.0 Å². The van der Waals surface area contributed by atoms with Crippen LogP contribution in [0, 0.1) is 6.92 Å². The fourth-order valence-electron chi connectivity index (χ4n) is 2.13. The van der Waals surface area contributed by atoms with Crippen molar-refractivity contribution < 1.29 is 4.42 Å². The standard InChI is InChI=1S/C15H15ClN4OS/c1-8-7-21-10-6-18-11(4-9(8)10)15(2,3)22-14-19-12(16)5-13(17)20-14/h4-7H,1-3H3,(H2,17,19,20). The van der Waals surface area contributed by atoms with Crippen LogP contribution in [0.3, 0.4) is 0 Å². The minimum atomic E-state index is -0.338. The molecule has 0 fully saturated rings. The van der Waals surface area contributed by atoms with Crippen molar-refractivity contribution in [2.24, 2.45) is 0 Å². The van der Waals surface area contributed by atoms with E-state index in [4.69, 9.17) is 21.8 Å². The second-order valence-corrected chi connectivity index (χ2v) is 7.47. The van der Waals surface area contributed by atoms with Gasteiger partial charge >= 0.3 is 0 Å². The molecule has 3 aromatic heterocycles. The highest BCUT2D eigenvalue weighted by molar-refractivity contribution is 8.00. The largest absolute Gasteiger partial charge is 0.462 e. The van der Waals surface area contributed by atoms with Crippen molar-refractivity contribution in [1.29, 1.82) is 0 Å². The van der Waals surface area contributed by atoms with Crippen LogP contribution in [0.25, 0.3) is 11.0 Å². The summed E-state index contributed by atoms with van der Waals surface area (Å²) >= 11 is 7.40. The van der Waals surface area contributed by atoms with Crippen molar-refractivity contribution in [1.82, 2.24) is 15.0 Å². The zero-order valence-electron chi connectivity index (χ0n) is 12.4. The van der Waals surface area contributed by atoms with Crippen molar-refractivity contribution in [2.45, 2.75) is 30.7 Å². The lowest BCUT2D eigenvalue weighted by Crippen LogP contribution is -2.15. The highest BCUT2D eigenvalue weighted by Crippen LogP contribution is 2.40. The van der Waals surface area contributed by atoms with Crippen molar-refractivity contribution >= 4 is 40.1 Å². The fourth-order valence-corrected chi connectivity index (χ4v) is 3.34. The molecule has 5 nitrogen and oxygen atoms in total. The summed E-state index contributed by atoms with van der Waals surface area (Å²) in [6.45, 7) is 6.12. The van der Waals surface area contributed by atoms with Gasteiger partial charge in [-0.3, -0.25) is 4.98 Å². The molecule has 114 valence electrons. The first-order valence-corrected chi connectivity index (χ1v) is 7.88. The Hall–Kier alpha value is -1.79. The molecule has 3 heterocycles. The SMILES string of the molecule is Cc1coc2cnc(C(C)(C)Sc3nc(N)cc(Cl)n3)cc12. The van der Waals surface area contributed by atoms with Crippen LogP contribution in [0.4, 0.5) is 5.82 Å². The fraction of sp³-hybridized carbons (Fsp3) is 0.267. The van der Waals surface area contributed by atoms with Crippen LogP contribution >= 0.6 is 23.4 Å². The molecular weight excluding hydrogens is 320 g/mol. The Morgan fingerprint density at radius 2 is 2.05 bits per heavy atom. The normalized spacial score (nSPS) is 12.0. The predicted molar refractivity (Wildman–Crippen MR) is 89.1 cm³/mol. The number of hydrogen-bond acceptors (Lipinski definition) is 6. The highest BCUT2D eigenvalue weighted by atomic mass is 35.5. The molecule has 3 aromatic rings. The van der Waals surface area contributed by atoms with Crippen LogP contribution in [0.1, 0.15) is 25.1 Å². The molecule has 0 bridgehead atoms. The van der Waals surface area contributed by atoms with Gasteiger partial charge in [0.2, 0.25) is 0 Å². The van der Waals surface area contributed by atoms with E-state index >= 15 is 0 Å². The molecule has 0 aliphatic rings. The molecule has 0 spiro atoms. The summed E-state index contributed by atoms with van der Waals surface area (Å²) in [5.41, 5.74) is 8.50. The van der Waals surface area contributed by atoms with Gasteiger partial charge in [-0.15, -0.1) is 0 Å². The number of halogens is 1. The lowest BCUT2D eigenvalue weighted by atomic mass is 10.1. The second-order valence-electron chi connectivity index (χ2n) is 5.49. The lowest BCUT2D eigenvalue weighted by Gasteiger charge is -2.22. The van der Waals surface area contributed by atoms with Crippen molar-refractivity contribution in [3.63, 3.8) is 0 Å². The van der Waals surface area contributed by atoms with Gasteiger partial charge in [0, 0.05) is 11.5 Å². The zero-order valence-corrected chi connectivity index (χ0v) is 14.0. The van der Waals surface area contributed by atoms with Crippen molar-refractivity contribution in [3.8, 4) is 0 Å². The number of thioether (sulfide) groups is 1. The van der Waals surface area contributed by atoms with E-state index in [1.807, 2.05) is 13.0 Å². The van der Waals surface area contributed by atoms with E-state index in [0.717, 1.165) is 22.2 Å². The molecule has 0 aliphatic carbocycles. The van der Waals surface area contributed by atoms with Crippen LogP contribution < -0.4 is 5.73 Å². The van der Waals surface area contributed by atoms with Crippen molar-refractivity contribution in [3.05, 3.63) is 41.0 Å². The quantitative estimate of drug-likeness (QED) is 0.439. The molecule has 0 aromatic carbocycles. The topological polar surface area (TPSA) is 77.8 Å². The van der Waals surface area contributed by atoms with Crippen LogP contribution in [-0.4, -0.2) is 15.0 Å². The van der Waals surface area contributed by atoms with Gasteiger partial charge in [0.15, 0.2) is 10.7 Å². The van der Waals surface area contributed by atoms with Gasteiger partial charge in [-0.1, -0.05) is 23.4 Å². The van der Waals surface area contributed by atoms with Crippen LogP contribution in [0.15, 0.2) is 34.2 Å². The van der Waals surface area contributed by atoms with Crippen LogP contribution in [0.2, 0.25) is 5.15 Å². The van der Waals surface area contributed by atoms with Crippen molar-refractivity contribution in [2.75, 3.05) is 5.73 Å². The predicted octanol–water partition coefficient (Wildman–Crippen LogP) is 4.19. The summed E-state index contributed by atoms with van der Waals surface area (Å²) in [4.78, 5) is 12.9. The third-order valence-corrected chi connectivity index (χ3v) is 4.59. The number of fused-ring (bicyclic) bond motifs is 1. The molecule has 0 aliphatic heterocycles. The Morgan fingerprint density at radius 3 is 2.77 bits per heavy atom.